The molecule has 1 saturated carbocycles. The van der Waals surface area contributed by atoms with Gasteiger partial charge in [0.2, 0.25) is 0 Å². The minimum atomic E-state index is -0.458. The minimum absolute atomic E-state index is 0.164. The molecule has 2 aromatic carbocycles. The molecular formula is C23H25ClN2O3. The van der Waals surface area contributed by atoms with E-state index in [2.05, 4.69) is 9.88 Å². The van der Waals surface area contributed by atoms with Crippen LogP contribution < -0.4 is 10.1 Å². The molecule has 0 aliphatic heterocycles. The van der Waals surface area contributed by atoms with Gasteiger partial charge in [0, 0.05) is 23.7 Å². The van der Waals surface area contributed by atoms with Gasteiger partial charge >= 0.3 is 6.09 Å². The van der Waals surface area contributed by atoms with Crippen LogP contribution in [-0.4, -0.2) is 23.9 Å². The molecule has 1 aromatic heterocycles. The molecule has 1 heterocycles. The summed E-state index contributed by atoms with van der Waals surface area (Å²) in [5, 5.41) is 4.51. The summed E-state index contributed by atoms with van der Waals surface area (Å²) in [6, 6.07) is 13.7. The molecular weight excluding hydrogens is 388 g/mol. The highest BCUT2D eigenvalue weighted by atomic mass is 35.5. The highest BCUT2D eigenvalue weighted by Crippen LogP contribution is 2.42. The average Bonchev–Trinajstić information content (AvgIpc) is 3.47. The Morgan fingerprint density at radius 2 is 1.93 bits per heavy atom. The molecule has 0 radical (unpaired) electrons. The predicted octanol–water partition coefficient (Wildman–Crippen LogP) is 6.34. The number of fused-ring (bicyclic) bond motifs is 1. The number of carbonyl (C=O) groups excluding carboxylic acids is 1. The largest absolute Gasteiger partial charge is 0.497 e. The Hall–Kier alpha value is -2.66. The zero-order valence-corrected chi connectivity index (χ0v) is 17.6. The Kier molecular flexibility index (Phi) is 5.41. The van der Waals surface area contributed by atoms with Crippen LogP contribution in [0.1, 0.15) is 26.7 Å². The lowest BCUT2D eigenvalue weighted by Gasteiger charge is -2.13. The smallest absolute Gasteiger partial charge is 0.411 e. The Labute approximate surface area is 175 Å². The van der Waals surface area contributed by atoms with Crippen molar-refractivity contribution in [3.8, 4) is 17.0 Å². The van der Waals surface area contributed by atoms with E-state index in [0.29, 0.717) is 11.6 Å². The number of methoxy groups -OCH3 is 1. The molecule has 1 amide bonds. The predicted molar refractivity (Wildman–Crippen MR) is 117 cm³/mol. The quantitative estimate of drug-likeness (QED) is 0.514. The number of nitrogens with one attached hydrogen (secondary N) is 1. The van der Waals surface area contributed by atoms with Gasteiger partial charge in [0.05, 0.1) is 29.4 Å². The summed E-state index contributed by atoms with van der Waals surface area (Å²) in [5.41, 5.74) is 3.77. The summed E-state index contributed by atoms with van der Waals surface area (Å²) >= 11 is 6.83. The fourth-order valence-corrected chi connectivity index (χ4v) is 3.89. The van der Waals surface area contributed by atoms with Crippen LogP contribution in [0.4, 0.5) is 10.5 Å². The molecule has 3 aromatic rings. The summed E-state index contributed by atoms with van der Waals surface area (Å²) in [6.07, 6.45) is 1.88. The molecule has 5 nitrogen and oxygen atoms in total. The number of aromatic nitrogens is 1. The van der Waals surface area contributed by atoms with E-state index in [4.69, 9.17) is 21.1 Å². The number of ether oxygens (including phenoxy) is 2. The van der Waals surface area contributed by atoms with Crippen molar-refractivity contribution in [1.82, 2.24) is 4.57 Å². The number of anilines is 1. The van der Waals surface area contributed by atoms with E-state index in [0.717, 1.165) is 39.5 Å². The van der Waals surface area contributed by atoms with Crippen LogP contribution in [0.15, 0.2) is 42.5 Å². The van der Waals surface area contributed by atoms with Crippen LogP contribution >= 0.6 is 11.6 Å². The topological polar surface area (TPSA) is 52.5 Å². The third kappa shape index (κ3) is 4.20. The molecule has 152 valence electrons. The number of halogens is 1. The molecule has 6 heteroatoms. The van der Waals surface area contributed by atoms with Gasteiger partial charge in [-0.3, -0.25) is 5.32 Å². The second kappa shape index (κ2) is 7.99. The Bertz CT molecular complexity index is 1040. The molecule has 1 aliphatic rings. The summed E-state index contributed by atoms with van der Waals surface area (Å²) < 4.78 is 12.9. The molecule has 0 saturated heterocycles. The second-order valence-corrected chi connectivity index (χ2v) is 8.13. The van der Waals surface area contributed by atoms with Crippen molar-refractivity contribution >= 4 is 34.3 Å². The minimum Gasteiger partial charge on any atom is -0.497 e. The van der Waals surface area contributed by atoms with Crippen LogP contribution in [0.25, 0.3) is 22.2 Å². The number of benzene rings is 2. The molecule has 1 fully saturated rings. The molecule has 4 rings (SSSR count). The molecule has 0 atom stereocenters. The molecule has 0 spiro atoms. The maximum Gasteiger partial charge on any atom is 0.411 e. The van der Waals surface area contributed by atoms with Crippen molar-refractivity contribution in [3.05, 3.63) is 47.5 Å². The van der Waals surface area contributed by atoms with Gasteiger partial charge in [-0.15, -0.1) is 0 Å². The Morgan fingerprint density at radius 3 is 2.55 bits per heavy atom. The zero-order valence-electron chi connectivity index (χ0n) is 16.9. The first-order valence-corrected chi connectivity index (χ1v) is 10.3. The zero-order chi connectivity index (χ0) is 20.5. The number of nitrogens with zero attached hydrogens (tertiary/aromatic N) is 1. The van der Waals surface area contributed by atoms with Gasteiger partial charge in [-0.05, 0) is 62.4 Å². The maximum absolute atomic E-state index is 11.8. The first-order valence-electron chi connectivity index (χ1n) is 9.90. The van der Waals surface area contributed by atoms with Gasteiger partial charge in [-0.1, -0.05) is 23.7 Å². The highest BCUT2D eigenvalue weighted by molar-refractivity contribution is 6.38. The average molecular weight is 413 g/mol. The number of carbonyl (C=O) groups is 1. The van der Waals surface area contributed by atoms with Gasteiger partial charge in [0.1, 0.15) is 5.75 Å². The third-order valence-electron chi connectivity index (χ3n) is 5.10. The molecule has 29 heavy (non-hydrogen) atoms. The summed E-state index contributed by atoms with van der Waals surface area (Å²) in [7, 11) is 1.67. The Balaban J connectivity index is 1.71. The van der Waals surface area contributed by atoms with Crippen LogP contribution in [0.2, 0.25) is 5.02 Å². The maximum atomic E-state index is 11.8. The van der Waals surface area contributed by atoms with Crippen molar-refractivity contribution < 1.29 is 14.3 Å². The highest BCUT2D eigenvalue weighted by Gasteiger charge is 2.26. The van der Waals surface area contributed by atoms with Gasteiger partial charge in [0.25, 0.3) is 0 Å². The third-order valence-corrected chi connectivity index (χ3v) is 5.48. The van der Waals surface area contributed by atoms with Crippen molar-refractivity contribution in [3.63, 3.8) is 0 Å². The van der Waals surface area contributed by atoms with E-state index < -0.39 is 6.09 Å². The van der Waals surface area contributed by atoms with Gasteiger partial charge in [-0.25, -0.2) is 4.79 Å². The monoisotopic (exact) mass is 412 g/mol. The number of hydrogen-bond donors (Lipinski definition) is 1. The van der Waals surface area contributed by atoms with E-state index in [9.17, 15) is 4.79 Å². The van der Waals surface area contributed by atoms with E-state index in [1.807, 2.05) is 56.3 Å². The molecule has 1 N–H and O–H groups in total. The van der Waals surface area contributed by atoms with Crippen LogP contribution in [-0.2, 0) is 11.3 Å². The fraction of sp³-hybridized carbons (Fsp3) is 0.348. The molecule has 1 aliphatic carbocycles. The van der Waals surface area contributed by atoms with E-state index in [-0.39, 0.29) is 6.10 Å². The van der Waals surface area contributed by atoms with Crippen molar-refractivity contribution in [2.75, 3.05) is 12.4 Å². The van der Waals surface area contributed by atoms with Gasteiger partial charge in [-0.2, -0.15) is 0 Å². The van der Waals surface area contributed by atoms with Crippen molar-refractivity contribution in [2.24, 2.45) is 5.92 Å². The Morgan fingerprint density at radius 1 is 1.21 bits per heavy atom. The fourth-order valence-electron chi connectivity index (χ4n) is 3.52. The summed E-state index contributed by atoms with van der Waals surface area (Å²) in [5.74, 6) is 1.51. The van der Waals surface area contributed by atoms with E-state index in [1.165, 1.54) is 12.8 Å². The first kappa shape index (κ1) is 19.6. The van der Waals surface area contributed by atoms with Crippen LogP contribution in [0, 0.1) is 5.92 Å². The number of hydrogen-bond acceptors (Lipinski definition) is 3. The number of rotatable bonds is 6. The number of amides is 1. The standard InChI is InChI=1S/C23H25ClN2O3/c1-14(2)29-23(27)25-17-8-6-16(7-9-17)22-21(24)19-11-10-18(28-3)12-20(19)26(22)13-15-4-5-15/h6-12,14-15H,4-5,13H2,1-3H3,(H,25,27). The van der Waals surface area contributed by atoms with E-state index >= 15 is 0 Å². The normalized spacial score (nSPS) is 13.7. The SMILES string of the molecule is COc1ccc2c(Cl)c(-c3ccc(NC(=O)OC(C)C)cc3)n(CC3CC3)c2c1. The lowest BCUT2D eigenvalue weighted by molar-refractivity contribution is 0.130. The first-order chi connectivity index (χ1) is 14.0. The molecule has 0 bridgehead atoms. The van der Waals surface area contributed by atoms with Crippen LogP contribution in [0.3, 0.4) is 0 Å². The van der Waals surface area contributed by atoms with Crippen molar-refractivity contribution in [1.29, 1.82) is 0 Å². The lowest BCUT2D eigenvalue weighted by atomic mass is 10.1. The lowest BCUT2D eigenvalue weighted by Crippen LogP contribution is -2.17. The van der Waals surface area contributed by atoms with Gasteiger partial charge in [0.15, 0.2) is 0 Å². The summed E-state index contributed by atoms with van der Waals surface area (Å²) in [4.78, 5) is 11.8. The second-order valence-electron chi connectivity index (χ2n) is 7.76. The summed E-state index contributed by atoms with van der Waals surface area (Å²) in [6.45, 7) is 4.57. The van der Waals surface area contributed by atoms with Crippen LogP contribution in [0.5, 0.6) is 5.75 Å². The molecule has 0 unspecified atom stereocenters. The van der Waals surface area contributed by atoms with Crippen molar-refractivity contribution in [2.45, 2.75) is 39.3 Å². The van der Waals surface area contributed by atoms with E-state index in [1.54, 1.807) is 7.11 Å². The van der Waals surface area contributed by atoms with Gasteiger partial charge < -0.3 is 14.0 Å².